The van der Waals surface area contributed by atoms with Crippen molar-refractivity contribution in [3.8, 4) is 16.9 Å². The van der Waals surface area contributed by atoms with Gasteiger partial charge in [-0.15, -0.1) is 0 Å². The van der Waals surface area contributed by atoms with E-state index in [1.165, 1.54) is 12.1 Å². The van der Waals surface area contributed by atoms with Crippen LogP contribution in [0.3, 0.4) is 0 Å². The Labute approximate surface area is 168 Å². The summed E-state index contributed by atoms with van der Waals surface area (Å²) in [5, 5.41) is 9.84. The van der Waals surface area contributed by atoms with Gasteiger partial charge in [0.15, 0.2) is 15.6 Å². The molecule has 3 aromatic carbocycles. The zero-order chi connectivity index (χ0) is 19.8. The van der Waals surface area contributed by atoms with E-state index in [4.69, 9.17) is 11.6 Å². The highest BCUT2D eigenvalue weighted by atomic mass is 79.9. The molecule has 0 fully saturated rings. The quantitative estimate of drug-likeness (QED) is 0.527. The van der Waals surface area contributed by atoms with Crippen molar-refractivity contribution in [2.24, 2.45) is 0 Å². The first-order chi connectivity index (χ1) is 12.7. The molecule has 0 saturated carbocycles. The molecule has 0 spiro atoms. The molecule has 140 valence electrons. The molecule has 0 saturated heterocycles. The summed E-state index contributed by atoms with van der Waals surface area (Å²) in [6.07, 6.45) is 0. The van der Waals surface area contributed by atoms with Gasteiger partial charge in [0.1, 0.15) is 16.5 Å². The Bertz CT molecular complexity index is 1120. The van der Waals surface area contributed by atoms with Gasteiger partial charge in [-0.3, -0.25) is 0 Å². The standard InChI is InChI=1S/C19H12BrClF2O3S/c20-13-7-15(21)19(24)18(8-13)27(25,26)10-12-6-14(17(23)9-16(12)22)11-4-2-1-3-5-11/h1-9,24H,10H2. The maximum Gasteiger partial charge on any atom is 0.186 e. The van der Waals surface area contributed by atoms with E-state index < -0.39 is 37.9 Å². The van der Waals surface area contributed by atoms with E-state index in [0.29, 0.717) is 16.1 Å². The molecule has 3 rings (SSSR count). The van der Waals surface area contributed by atoms with Crippen LogP contribution in [0.15, 0.2) is 64.0 Å². The lowest BCUT2D eigenvalue weighted by molar-refractivity contribution is 0.458. The monoisotopic (exact) mass is 472 g/mol. The average Bonchev–Trinajstić information content (AvgIpc) is 2.61. The van der Waals surface area contributed by atoms with Crippen molar-refractivity contribution >= 4 is 37.4 Å². The molecule has 3 aromatic rings. The van der Waals surface area contributed by atoms with Crippen molar-refractivity contribution < 1.29 is 22.3 Å². The third-order valence-corrected chi connectivity index (χ3v) is 6.31. The summed E-state index contributed by atoms with van der Waals surface area (Å²) in [7, 11) is -4.15. The maximum absolute atomic E-state index is 14.2. The van der Waals surface area contributed by atoms with Crippen molar-refractivity contribution in [3.05, 3.63) is 81.3 Å². The minimum absolute atomic E-state index is 0.0821. The van der Waals surface area contributed by atoms with Crippen LogP contribution in [0.2, 0.25) is 5.02 Å². The van der Waals surface area contributed by atoms with Crippen LogP contribution >= 0.6 is 27.5 Å². The first kappa shape index (κ1) is 19.8. The Kier molecular flexibility index (Phi) is 5.55. The van der Waals surface area contributed by atoms with Gasteiger partial charge in [-0.05, 0) is 23.8 Å². The summed E-state index contributed by atoms with van der Waals surface area (Å²) in [6, 6.07) is 12.7. The van der Waals surface area contributed by atoms with E-state index in [1.54, 1.807) is 30.3 Å². The Morgan fingerprint density at radius 1 is 1.00 bits per heavy atom. The van der Waals surface area contributed by atoms with Crippen molar-refractivity contribution in [1.82, 2.24) is 0 Å². The largest absolute Gasteiger partial charge is 0.505 e. The van der Waals surface area contributed by atoms with Gasteiger partial charge in [-0.2, -0.15) is 0 Å². The summed E-state index contributed by atoms with van der Waals surface area (Å²) in [5.74, 6) is -3.17. The van der Waals surface area contributed by atoms with Crippen LogP contribution in [0, 0.1) is 11.6 Å². The van der Waals surface area contributed by atoms with Gasteiger partial charge in [0.05, 0.1) is 10.8 Å². The van der Waals surface area contributed by atoms with Gasteiger partial charge in [-0.25, -0.2) is 17.2 Å². The molecule has 3 nitrogen and oxygen atoms in total. The number of hydrogen-bond acceptors (Lipinski definition) is 3. The molecule has 1 N–H and O–H groups in total. The fraction of sp³-hybridized carbons (Fsp3) is 0.0526. The van der Waals surface area contributed by atoms with Gasteiger partial charge < -0.3 is 5.11 Å². The Morgan fingerprint density at radius 2 is 1.67 bits per heavy atom. The lowest BCUT2D eigenvalue weighted by atomic mass is 10.0. The predicted molar refractivity (Wildman–Crippen MR) is 104 cm³/mol. The predicted octanol–water partition coefficient (Wildman–Crippen LogP) is 5.73. The summed E-state index contributed by atoms with van der Waals surface area (Å²) >= 11 is 8.92. The minimum atomic E-state index is -4.15. The first-order valence-electron chi connectivity index (χ1n) is 7.63. The summed E-state index contributed by atoms with van der Waals surface area (Å²) in [6.45, 7) is 0. The number of sulfone groups is 1. The third-order valence-electron chi connectivity index (χ3n) is 3.89. The molecule has 27 heavy (non-hydrogen) atoms. The fourth-order valence-electron chi connectivity index (χ4n) is 2.61. The normalized spacial score (nSPS) is 11.6. The van der Waals surface area contributed by atoms with Crippen LogP contribution in [0.25, 0.3) is 11.1 Å². The summed E-state index contributed by atoms with van der Waals surface area (Å²) < 4.78 is 54.2. The van der Waals surface area contributed by atoms with Crippen molar-refractivity contribution in [2.75, 3.05) is 0 Å². The number of halogens is 4. The van der Waals surface area contributed by atoms with Crippen LogP contribution in [0.5, 0.6) is 5.75 Å². The molecule has 0 bridgehead atoms. The molecular formula is C19H12BrClF2O3S. The van der Waals surface area contributed by atoms with E-state index in [2.05, 4.69) is 15.9 Å². The SMILES string of the molecule is O=S(=O)(Cc1cc(-c2ccccc2)c(F)cc1F)c1cc(Br)cc(Cl)c1O. The van der Waals surface area contributed by atoms with Crippen molar-refractivity contribution in [3.63, 3.8) is 0 Å². The van der Waals surface area contributed by atoms with E-state index in [9.17, 15) is 22.3 Å². The smallest absolute Gasteiger partial charge is 0.186 e. The zero-order valence-electron chi connectivity index (χ0n) is 13.6. The second-order valence-electron chi connectivity index (χ2n) is 5.78. The molecular weight excluding hydrogens is 462 g/mol. The van der Waals surface area contributed by atoms with Crippen molar-refractivity contribution in [2.45, 2.75) is 10.6 Å². The average molecular weight is 474 g/mol. The lowest BCUT2D eigenvalue weighted by Gasteiger charge is -2.11. The topological polar surface area (TPSA) is 54.4 Å². The first-order valence-corrected chi connectivity index (χ1v) is 10.5. The van der Waals surface area contributed by atoms with Crippen LogP contribution in [0.1, 0.15) is 5.56 Å². The molecule has 8 heteroatoms. The van der Waals surface area contributed by atoms with Gasteiger partial charge in [0.25, 0.3) is 0 Å². The summed E-state index contributed by atoms with van der Waals surface area (Å²) in [5.41, 5.74) is 0.353. The van der Waals surface area contributed by atoms with Gasteiger partial charge in [0.2, 0.25) is 0 Å². The maximum atomic E-state index is 14.2. The molecule has 0 radical (unpaired) electrons. The second-order valence-corrected chi connectivity index (χ2v) is 9.06. The molecule has 0 aliphatic rings. The molecule has 0 atom stereocenters. The number of aromatic hydroxyl groups is 1. The molecule has 0 amide bonds. The number of phenolic OH excluding ortho intramolecular Hbond substituents is 1. The second kappa shape index (κ2) is 7.58. The number of rotatable bonds is 4. The third kappa shape index (κ3) is 4.15. The highest BCUT2D eigenvalue weighted by Crippen LogP contribution is 2.36. The number of benzene rings is 3. The molecule has 0 aliphatic heterocycles. The fourth-order valence-corrected chi connectivity index (χ4v) is 5.12. The van der Waals surface area contributed by atoms with Crippen molar-refractivity contribution in [1.29, 1.82) is 0 Å². The van der Waals surface area contributed by atoms with Gasteiger partial charge in [0, 0.05) is 21.7 Å². The molecule has 0 aromatic heterocycles. The molecule has 0 aliphatic carbocycles. The highest BCUT2D eigenvalue weighted by Gasteiger charge is 2.24. The van der Waals surface area contributed by atoms with E-state index in [-0.39, 0.29) is 16.1 Å². The Morgan fingerprint density at radius 3 is 2.33 bits per heavy atom. The van der Waals surface area contributed by atoms with E-state index >= 15 is 0 Å². The minimum Gasteiger partial charge on any atom is -0.505 e. The highest BCUT2D eigenvalue weighted by molar-refractivity contribution is 9.10. The lowest BCUT2D eigenvalue weighted by Crippen LogP contribution is -2.08. The van der Waals surface area contributed by atoms with Crippen LogP contribution in [-0.4, -0.2) is 13.5 Å². The molecule has 0 heterocycles. The van der Waals surface area contributed by atoms with Gasteiger partial charge >= 0.3 is 0 Å². The van der Waals surface area contributed by atoms with E-state index in [0.717, 1.165) is 6.07 Å². The van der Waals surface area contributed by atoms with Crippen LogP contribution < -0.4 is 0 Å². The van der Waals surface area contributed by atoms with E-state index in [1.807, 2.05) is 0 Å². The number of hydrogen-bond donors (Lipinski definition) is 1. The number of phenols is 1. The van der Waals surface area contributed by atoms with Crippen LogP contribution in [0.4, 0.5) is 8.78 Å². The van der Waals surface area contributed by atoms with Gasteiger partial charge in [-0.1, -0.05) is 57.9 Å². The zero-order valence-corrected chi connectivity index (χ0v) is 16.7. The Hall–Kier alpha value is -1.96. The Balaban J connectivity index is 2.08. The van der Waals surface area contributed by atoms with Crippen LogP contribution in [-0.2, 0) is 15.6 Å². The molecule has 0 unspecified atom stereocenters. The summed E-state index contributed by atoms with van der Waals surface area (Å²) in [4.78, 5) is -0.438.